The number of hydrogen-bond donors (Lipinski definition) is 1. The summed E-state index contributed by atoms with van der Waals surface area (Å²) in [5, 5.41) is 4.20. The number of benzene rings is 2. The number of furan rings is 1. The van der Waals surface area contributed by atoms with Crippen LogP contribution >= 0.6 is 23.2 Å². The van der Waals surface area contributed by atoms with Crippen LogP contribution in [0, 0.1) is 0 Å². The predicted molar refractivity (Wildman–Crippen MR) is 123 cm³/mol. The van der Waals surface area contributed by atoms with Gasteiger partial charge in [0, 0.05) is 36.8 Å². The van der Waals surface area contributed by atoms with E-state index in [0.717, 1.165) is 44.0 Å². The molecule has 1 aliphatic heterocycles. The molecule has 1 fully saturated rings. The van der Waals surface area contributed by atoms with E-state index in [1.54, 1.807) is 24.3 Å². The summed E-state index contributed by atoms with van der Waals surface area (Å²) in [7, 11) is 0. The molecule has 2 aromatic carbocycles. The third-order valence-corrected chi connectivity index (χ3v) is 5.85. The standard InChI is InChI=1S/C23H23Cl2N3O2/c1-2-27-11-13-28(14-12-27)22-18(25)7-4-8-19(22)26-23(29)21-10-9-20(30-21)16-5-3-6-17(24)15-16/h3-10,15H,2,11-14H2,1H3,(H,26,29). The molecule has 5 nitrogen and oxygen atoms in total. The average Bonchev–Trinajstić information content (AvgIpc) is 3.25. The van der Waals surface area contributed by atoms with Crippen molar-refractivity contribution < 1.29 is 9.21 Å². The molecule has 0 spiro atoms. The van der Waals surface area contributed by atoms with Crippen molar-refractivity contribution >= 4 is 40.5 Å². The zero-order valence-electron chi connectivity index (χ0n) is 16.7. The molecule has 1 saturated heterocycles. The number of hydrogen-bond acceptors (Lipinski definition) is 4. The number of carbonyl (C=O) groups excluding carboxylic acids is 1. The molecule has 1 amide bonds. The van der Waals surface area contributed by atoms with Gasteiger partial charge in [0.25, 0.3) is 5.91 Å². The third-order valence-electron chi connectivity index (χ3n) is 5.31. The molecule has 30 heavy (non-hydrogen) atoms. The van der Waals surface area contributed by atoms with Crippen molar-refractivity contribution in [2.75, 3.05) is 42.9 Å². The second-order valence-corrected chi connectivity index (χ2v) is 8.03. The van der Waals surface area contributed by atoms with Crippen molar-refractivity contribution in [3.05, 3.63) is 70.4 Å². The Morgan fingerprint density at radius 2 is 1.80 bits per heavy atom. The van der Waals surface area contributed by atoms with Crippen LogP contribution in [0.2, 0.25) is 10.0 Å². The monoisotopic (exact) mass is 443 g/mol. The van der Waals surface area contributed by atoms with Crippen molar-refractivity contribution in [3.8, 4) is 11.3 Å². The van der Waals surface area contributed by atoms with Gasteiger partial charge in [-0.2, -0.15) is 0 Å². The molecule has 0 radical (unpaired) electrons. The molecule has 0 saturated carbocycles. The quantitative estimate of drug-likeness (QED) is 0.553. The average molecular weight is 444 g/mol. The molecule has 1 aromatic heterocycles. The highest BCUT2D eigenvalue weighted by Gasteiger charge is 2.22. The second-order valence-electron chi connectivity index (χ2n) is 7.19. The Balaban J connectivity index is 1.54. The van der Waals surface area contributed by atoms with E-state index in [9.17, 15) is 4.79 Å². The molecule has 3 aromatic rings. The lowest BCUT2D eigenvalue weighted by Crippen LogP contribution is -2.46. The van der Waals surface area contributed by atoms with Gasteiger partial charge in [-0.1, -0.05) is 48.3 Å². The fraction of sp³-hybridized carbons (Fsp3) is 0.261. The number of para-hydroxylation sites is 1. The van der Waals surface area contributed by atoms with Crippen LogP contribution in [0.5, 0.6) is 0 Å². The number of likely N-dealkylation sites (N-methyl/N-ethyl adjacent to an activating group) is 1. The molecule has 2 heterocycles. The molecule has 1 aliphatic rings. The Kier molecular flexibility index (Phi) is 6.32. The van der Waals surface area contributed by atoms with Gasteiger partial charge < -0.3 is 19.5 Å². The smallest absolute Gasteiger partial charge is 0.291 e. The van der Waals surface area contributed by atoms with Gasteiger partial charge in [0.1, 0.15) is 5.76 Å². The number of carbonyl (C=O) groups is 1. The predicted octanol–water partition coefficient (Wildman–Crippen LogP) is 5.65. The Morgan fingerprint density at radius 3 is 2.53 bits per heavy atom. The fourth-order valence-corrected chi connectivity index (χ4v) is 4.15. The van der Waals surface area contributed by atoms with Crippen LogP contribution in [-0.4, -0.2) is 43.5 Å². The van der Waals surface area contributed by atoms with E-state index in [0.29, 0.717) is 21.5 Å². The first-order chi connectivity index (χ1) is 14.5. The maximum atomic E-state index is 12.9. The summed E-state index contributed by atoms with van der Waals surface area (Å²) >= 11 is 12.6. The number of nitrogens with one attached hydrogen (secondary N) is 1. The summed E-state index contributed by atoms with van der Waals surface area (Å²) in [6.07, 6.45) is 0. The third kappa shape index (κ3) is 4.48. The van der Waals surface area contributed by atoms with Crippen LogP contribution < -0.4 is 10.2 Å². The van der Waals surface area contributed by atoms with Crippen molar-refractivity contribution in [1.82, 2.24) is 4.90 Å². The minimum atomic E-state index is -0.320. The highest BCUT2D eigenvalue weighted by molar-refractivity contribution is 6.34. The van der Waals surface area contributed by atoms with Crippen LogP contribution in [0.3, 0.4) is 0 Å². The molecule has 0 atom stereocenters. The van der Waals surface area contributed by atoms with Gasteiger partial charge >= 0.3 is 0 Å². The topological polar surface area (TPSA) is 48.7 Å². The van der Waals surface area contributed by atoms with Crippen molar-refractivity contribution in [1.29, 1.82) is 0 Å². The number of nitrogens with zero attached hydrogens (tertiary/aromatic N) is 2. The van der Waals surface area contributed by atoms with Crippen LogP contribution in [0.4, 0.5) is 11.4 Å². The van der Waals surface area contributed by atoms with Gasteiger partial charge in [-0.15, -0.1) is 0 Å². The Morgan fingerprint density at radius 1 is 1.03 bits per heavy atom. The summed E-state index contributed by atoms with van der Waals surface area (Å²) in [6, 6.07) is 16.3. The van der Waals surface area contributed by atoms with E-state index in [1.165, 1.54) is 0 Å². The summed E-state index contributed by atoms with van der Waals surface area (Å²) < 4.78 is 5.78. The molecule has 0 aliphatic carbocycles. The summed E-state index contributed by atoms with van der Waals surface area (Å²) in [5.74, 6) is 0.496. The van der Waals surface area contributed by atoms with Gasteiger partial charge in [-0.25, -0.2) is 0 Å². The van der Waals surface area contributed by atoms with E-state index < -0.39 is 0 Å². The van der Waals surface area contributed by atoms with Crippen LogP contribution in [0.25, 0.3) is 11.3 Å². The lowest BCUT2D eigenvalue weighted by atomic mass is 10.2. The van der Waals surface area contributed by atoms with E-state index in [-0.39, 0.29) is 11.7 Å². The molecule has 0 unspecified atom stereocenters. The molecule has 0 bridgehead atoms. The van der Waals surface area contributed by atoms with Crippen LogP contribution in [0.15, 0.2) is 59.0 Å². The maximum absolute atomic E-state index is 12.9. The molecule has 4 rings (SSSR count). The molecule has 7 heteroatoms. The van der Waals surface area contributed by atoms with Gasteiger partial charge in [0.2, 0.25) is 0 Å². The molecule has 1 N–H and O–H groups in total. The zero-order valence-corrected chi connectivity index (χ0v) is 18.2. The van der Waals surface area contributed by atoms with E-state index in [1.807, 2.05) is 30.3 Å². The van der Waals surface area contributed by atoms with E-state index in [4.69, 9.17) is 27.6 Å². The van der Waals surface area contributed by atoms with Crippen LogP contribution in [0.1, 0.15) is 17.5 Å². The van der Waals surface area contributed by atoms with Crippen molar-refractivity contribution in [2.45, 2.75) is 6.92 Å². The highest BCUT2D eigenvalue weighted by Crippen LogP contribution is 2.35. The van der Waals surface area contributed by atoms with E-state index >= 15 is 0 Å². The number of halogens is 2. The number of amides is 1. The van der Waals surface area contributed by atoms with Gasteiger partial charge in [-0.3, -0.25) is 4.79 Å². The zero-order chi connectivity index (χ0) is 21.1. The molecule has 156 valence electrons. The number of anilines is 2. The van der Waals surface area contributed by atoms with Crippen molar-refractivity contribution in [3.63, 3.8) is 0 Å². The van der Waals surface area contributed by atoms with Crippen LogP contribution in [-0.2, 0) is 0 Å². The highest BCUT2D eigenvalue weighted by atomic mass is 35.5. The number of piperazine rings is 1. The van der Waals surface area contributed by atoms with Gasteiger partial charge in [-0.05, 0) is 42.9 Å². The summed E-state index contributed by atoms with van der Waals surface area (Å²) in [4.78, 5) is 17.5. The maximum Gasteiger partial charge on any atom is 0.291 e. The minimum Gasteiger partial charge on any atom is -0.451 e. The fourth-order valence-electron chi connectivity index (χ4n) is 3.67. The molecular formula is C23H23Cl2N3O2. The Labute approximate surface area is 186 Å². The van der Waals surface area contributed by atoms with Gasteiger partial charge in [0.15, 0.2) is 5.76 Å². The molecular weight excluding hydrogens is 421 g/mol. The lowest BCUT2D eigenvalue weighted by Gasteiger charge is -2.36. The number of rotatable bonds is 5. The van der Waals surface area contributed by atoms with Gasteiger partial charge in [0.05, 0.1) is 16.4 Å². The first-order valence-electron chi connectivity index (χ1n) is 9.98. The normalized spacial score (nSPS) is 14.7. The SMILES string of the molecule is CCN1CCN(c2c(Cl)cccc2NC(=O)c2ccc(-c3cccc(Cl)c3)o2)CC1. The minimum absolute atomic E-state index is 0.228. The summed E-state index contributed by atoms with van der Waals surface area (Å²) in [5.41, 5.74) is 2.35. The second kappa shape index (κ2) is 9.13. The van der Waals surface area contributed by atoms with Crippen molar-refractivity contribution in [2.24, 2.45) is 0 Å². The Hall–Kier alpha value is -2.47. The first-order valence-corrected chi connectivity index (χ1v) is 10.7. The largest absolute Gasteiger partial charge is 0.451 e. The van der Waals surface area contributed by atoms with E-state index in [2.05, 4.69) is 22.0 Å². The lowest BCUT2D eigenvalue weighted by molar-refractivity contribution is 0.0997. The summed E-state index contributed by atoms with van der Waals surface area (Å²) in [6.45, 7) is 6.86. The first kappa shape index (κ1) is 20.8. The Bertz CT molecular complexity index is 1040.